The molecule has 1 saturated carbocycles. The number of allylic oxidation sites excluding steroid dienone is 4. The fourth-order valence-corrected chi connectivity index (χ4v) is 6.94. The van der Waals surface area contributed by atoms with E-state index >= 15 is 0 Å². The quantitative estimate of drug-likeness (QED) is 0.0187. The van der Waals surface area contributed by atoms with Crippen LogP contribution >= 0.6 is 7.82 Å². The fraction of sp³-hybridized carbons (Fsp3) is 0.846. The number of carbonyl (C=O) groups excluding carboxylic acids is 2. The van der Waals surface area contributed by atoms with Crippen LogP contribution in [-0.4, -0.2) is 98.3 Å². The molecule has 14 heteroatoms. The Morgan fingerprint density at radius 1 is 0.585 bits per heavy atom. The Bertz CT molecular complexity index is 1040. The van der Waals surface area contributed by atoms with E-state index < -0.39 is 75.7 Å². The number of rotatable bonds is 32. The molecule has 1 aliphatic carbocycles. The maximum absolute atomic E-state index is 12.7. The molecule has 0 saturated heterocycles. The second-order valence-corrected chi connectivity index (χ2v) is 15.5. The topological polar surface area (TPSA) is 210 Å². The number of unbranched alkanes of at least 4 members (excludes halogenated alkanes) is 16. The van der Waals surface area contributed by atoms with Crippen molar-refractivity contribution in [1.82, 2.24) is 0 Å². The summed E-state index contributed by atoms with van der Waals surface area (Å²) >= 11 is 0. The summed E-state index contributed by atoms with van der Waals surface area (Å²) < 4.78 is 33.2. The number of aliphatic hydroxyl groups excluding tert-OH is 5. The van der Waals surface area contributed by atoms with Gasteiger partial charge in [-0.3, -0.25) is 18.6 Å². The van der Waals surface area contributed by atoms with Crippen LogP contribution in [0.3, 0.4) is 0 Å². The summed E-state index contributed by atoms with van der Waals surface area (Å²) in [4.78, 5) is 35.2. The molecule has 13 nitrogen and oxygen atoms in total. The number of ether oxygens (including phenoxy) is 2. The molecule has 1 rings (SSSR count). The van der Waals surface area contributed by atoms with E-state index in [2.05, 4.69) is 38.2 Å². The standard InChI is InChI=1S/C39H71O13P/c1-3-5-7-9-10-11-12-13-14-15-16-17-18-19-20-21-22-24-26-28-33(41)51-31(29-49-32(40)27-25-23-8-6-4-2)30-50-53(47,48)52-39-37(45)35(43)34(42)36(44)38(39)46/h10-11,13-14,31,34-39,42-46H,3-9,12,15-30H2,1-2H3,(H,47,48)/b11-10-,14-13-. The molecule has 0 spiro atoms. The lowest BCUT2D eigenvalue weighted by molar-refractivity contribution is -0.220. The van der Waals surface area contributed by atoms with E-state index in [-0.39, 0.29) is 12.8 Å². The molecule has 53 heavy (non-hydrogen) atoms. The zero-order chi connectivity index (χ0) is 39.3. The number of phosphoric ester groups is 1. The molecule has 310 valence electrons. The van der Waals surface area contributed by atoms with Gasteiger partial charge in [0.25, 0.3) is 0 Å². The maximum atomic E-state index is 12.7. The number of aliphatic hydroxyl groups is 5. The minimum atomic E-state index is -5.10. The number of esters is 2. The first-order chi connectivity index (χ1) is 25.4. The molecule has 0 heterocycles. The van der Waals surface area contributed by atoms with Crippen molar-refractivity contribution in [2.45, 2.75) is 198 Å². The Kier molecular flexibility index (Phi) is 28.4. The number of phosphoric acid groups is 1. The van der Waals surface area contributed by atoms with Crippen LogP contribution in [0.5, 0.6) is 0 Å². The second kappa shape index (κ2) is 30.5. The molecular weight excluding hydrogens is 707 g/mol. The number of hydrogen-bond acceptors (Lipinski definition) is 12. The highest BCUT2D eigenvalue weighted by Crippen LogP contribution is 2.47. The molecular formula is C39H71O13P. The van der Waals surface area contributed by atoms with Crippen LogP contribution in [0.2, 0.25) is 0 Å². The maximum Gasteiger partial charge on any atom is 0.472 e. The first-order valence-corrected chi connectivity index (χ1v) is 21.6. The lowest BCUT2D eigenvalue weighted by atomic mass is 9.85. The summed E-state index contributed by atoms with van der Waals surface area (Å²) in [5.74, 6) is -1.12. The summed E-state index contributed by atoms with van der Waals surface area (Å²) in [6.07, 6.45) is 17.4. The Morgan fingerprint density at radius 3 is 1.57 bits per heavy atom. The molecule has 0 aromatic heterocycles. The van der Waals surface area contributed by atoms with E-state index in [4.69, 9.17) is 18.5 Å². The summed E-state index contributed by atoms with van der Waals surface area (Å²) in [6, 6.07) is 0. The monoisotopic (exact) mass is 778 g/mol. The van der Waals surface area contributed by atoms with E-state index in [0.717, 1.165) is 64.2 Å². The van der Waals surface area contributed by atoms with Gasteiger partial charge in [-0.2, -0.15) is 0 Å². The van der Waals surface area contributed by atoms with Crippen LogP contribution in [0, 0.1) is 0 Å². The van der Waals surface area contributed by atoms with Crippen molar-refractivity contribution < 1.29 is 63.1 Å². The average Bonchev–Trinajstić information content (AvgIpc) is 3.13. The largest absolute Gasteiger partial charge is 0.472 e. The molecule has 0 amide bonds. The summed E-state index contributed by atoms with van der Waals surface area (Å²) in [5, 5.41) is 49.8. The molecule has 0 aromatic rings. The van der Waals surface area contributed by atoms with Crippen molar-refractivity contribution in [2.24, 2.45) is 0 Å². The Hall–Kier alpha value is -1.67. The van der Waals surface area contributed by atoms with Crippen molar-refractivity contribution in [3.63, 3.8) is 0 Å². The van der Waals surface area contributed by atoms with Crippen molar-refractivity contribution in [3.05, 3.63) is 24.3 Å². The lowest BCUT2D eigenvalue weighted by Crippen LogP contribution is -2.64. The van der Waals surface area contributed by atoms with Crippen LogP contribution in [0.1, 0.15) is 155 Å². The van der Waals surface area contributed by atoms with E-state index in [1.54, 1.807) is 0 Å². The van der Waals surface area contributed by atoms with Gasteiger partial charge in [-0.05, 0) is 44.9 Å². The highest BCUT2D eigenvalue weighted by molar-refractivity contribution is 7.47. The fourth-order valence-electron chi connectivity index (χ4n) is 5.96. The molecule has 0 aliphatic heterocycles. The van der Waals surface area contributed by atoms with Crippen LogP contribution in [0.25, 0.3) is 0 Å². The van der Waals surface area contributed by atoms with Gasteiger partial charge in [-0.15, -0.1) is 0 Å². The number of hydrogen-bond donors (Lipinski definition) is 6. The average molecular weight is 779 g/mol. The second-order valence-electron chi connectivity index (χ2n) is 14.1. The molecule has 0 bridgehead atoms. The van der Waals surface area contributed by atoms with Crippen molar-refractivity contribution in [2.75, 3.05) is 13.2 Å². The third-order valence-corrected chi connectivity index (χ3v) is 10.3. The van der Waals surface area contributed by atoms with E-state index in [9.17, 15) is 44.6 Å². The van der Waals surface area contributed by atoms with Gasteiger partial charge in [0, 0.05) is 12.8 Å². The zero-order valence-electron chi connectivity index (χ0n) is 32.3. The Balaban J connectivity index is 2.41. The van der Waals surface area contributed by atoms with Crippen molar-refractivity contribution in [1.29, 1.82) is 0 Å². The molecule has 6 unspecified atom stereocenters. The predicted molar refractivity (Wildman–Crippen MR) is 203 cm³/mol. The van der Waals surface area contributed by atoms with Gasteiger partial charge in [0.1, 0.15) is 43.2 Å². The third-order valence-electron chi connectivity index (χ3n) is 9.30. The van der Waals surface area contributed by atoms with Crippen LogP contribution < -0.4 is 0 Å². The van der Waals surface area contributed by atoms with Gasteiger partial charge in [-0.1, -0.05) is 122 Å². The Labute approximate surface area is 317 Å². The predicted octanol–water partition coefficient (Wildman–Crippen LogP) is 6.50. The minimum Gasteiger partial charge on any atom is -0.462 e. The van der Waals surface area contributed by atoms with E-state index in [1.165, 1.54) is 51.4 Å². The van der Waals surface area contributed by atoms with Crippen LogP contribution in [0.4, 0.5) is 0 Å². The van der Waals surface area contributed by atoms with E-state index in [0.29, 0.717) is 12.8 Å². The first-order valence-electron chi connectivity index (χ1n) is 20.1. The van der Waals surface area contributed by atoms with Crippen LogP contribution in [0.15, 0.2) is 24.3 Å². The normalized spacial score (nSPS) is 23.7. The summed E-state index contributed by atoms with van der Waals surface area (Å²) in [5.41, 5.74) is 0. The van der Waals surface area contributed by atoms with Crippen molar-refractivity contribution >= 4 is 19.8 Å². The SMILES string of the molecule is CCCCC/C=C\C/C=C\CCCCCCCCCCCC(=O)OC(COC(=O)CCCCCCC)COP(=O)(O)OC1C(O)C(O)C(O)C(O)C1O. The molecule has 6 N–H and O–H groups in total. The van der Waals surface area contributed by atoms with Gasteiger partial charge < -0.3 is 39.9 Å². The van der Waals surface area contributed by atoms with Gasteiger partial charge in [0.2, 0.25) is 0 Å². The Morgan fingerprint density at radius 2 is 1.02 bits per heavy atom. The summed E-state index contributed by atoms with van der Waals surface area (Å²) in [7, 11) is -5.10. The molecule has 1 fully saturated rings. The molecule has 6 atom stereocenters. The summed E-state index contributed by atoms with van der Waals surface area (Å²) in [6.45, 7) is 3.13. The van der Waals surface area contributed by atoms with Gasteiger partial charge >= 0.3 is 19.8 Å². The van der Waals surface area contributed by atoms with Gasteiger partial charge in [0.05, 0.1) is 6.61 Å². The zero-order valence-corrected chi connectivity index (χ0v) is 33.2. The van der Waals surface area contributed by atoms with Crippen molar-refractivity contribution in [3.8, 4) is 0 Å². The smallest absolute Gasteiger partial charge is 0.462 e. The lowest BCUT2D eigenvalue weighted by Gasteiger charge is -2.41. The minimum absolute atomic E-state index is 0.0931. The van der Waals surface area contributed by atoms with E-state index in [1.807, 2.05) is 0 Å². The molecule has 1 aliphatic rings. The third kappa shape index (κ3) is 23.8. The first kappa shape index (κ1) is 49.3. The highest BCUT2D eigenvalue weighted by Gasteiger charge is 2.51. The number of carbonyl (C=O) groups is 2. The molecule has 0 aromatic carbocycles. The van der Waals surface area contributed by atoms with Gasteiger partial charge in [0.15, 0.2) is 6.10 Å². The highest BCUT2D eigenvalue weighted by atomic mass is 31.2. The van der Waals surface area contributed by atoms with Gasteiger partial charge in [-0.25, -0.2) is 4.57 Å². The molecule has 0 radical (unpaired) electrons. The van der Waals surface area contributed by atoms with Crippen LogP contribution in [-0.2, 0) is 32.7 Å².